The lowest BCUT2D eigenvalue weighted by molar-refractivity contribution is -0.121. The monoisotopic (exact) mass is 279 g/mol. The third-order valence-electron chi connectivity index (χ3n) is 4.35. The molecule has 0 bridgehead atoms. The molecule has 19 heavy (non-hydrogen) atoms. The van der Waals surface area contributed by atoms with Gasteiger partial charge in [-0.2, -0.15) is 0 Å². The van der Waals surface area contributed by atoms with E-state index in [2.05, 4.69) is 22.5 Å². The molecule has 0 spiro atoms. The topological polar surface area (TPSA) is 54.0 Å². The smallest absolute Gasteiger partial charge is 0.229 e. The van der Waals surface area contributed by atoms with Gasteiger partial charge in [0.25, 0.3) is 0 Å². The SMILES string of the molecule is CC1CCc2nc(NC(=O)C(C)C3CNC3)sc2C1. The number of hydrogen-bond donors (Lipinski definition) is 2. The van der Waals surface area contributed by atoms with Crippen LogP contribution in [0.5, 0.6) is 0 Å². The zero-order valence-corrected chi connectivity index (χ0v) is 12.3. The van der Waals surface area contributed by atoms with Gasteiger partial charge in [0.05, 0.1) is 5.69 Å². The fraction of sp³-hybridized carbons (Fsp3) is 0.714. The summed E-state index contributed by atoms with van der Waals surface area (Å²) in [5.74, 6) is 1.41. The van der Waals surface area contributed by atoms with Crippen molar-refractivity contribution in [3.63, 3.8) is 0 Å². The number of nitrogens with zero attached hydrogens (tertiary/aromatic N) is 1. The van der Waals surface area contributed by atoms with Crippen LogP contribution in [0.2, 0.25) is 0 Å². The van der Waals surface area contributed by atoms with Gasteiger partial charge in [0.2, 0.25) is 5.91 Å². The molecule has 4 nitrogen and oxygen atoms in total. The first kappa shape index (κ1) is 13.1. The van der Waals surface area contributed by atoms with Crippen molar-refractivity contribution < 1.29 is 4.79 Å². The number of amides is 1. The molecule has 1 aromatic rings. The van der Waals surface area contributed by atoms with Crippen molar-refractivity contribution in [2.24, 2.45) is 17.8 Å². The second kappa shape index (κ2) is 5.21. The Kier molecular flexibility index (Phi) is 3.58. The summed E-state index contributed by atoms with van der Waals surface area (Å²) < 4.78 is 0. The van der Waals surface area contributed by atoms with Gasteiger partial charge >= 0.3 is 0 Å². The third-order valence-corrected chi connectivity index (χ3v) is 5.39. The lowest BCUT2D eigenvalue weighted by Crippen LogP contribution is -2.48. The Morgan fingerprint density at radius 3 is 3.00 bits per heavy atom. The van der Waals surface area contributed by atoms with E-state index in [9.17, 15) is 4.79 Å². The summed E-state index contributed by atoms with van der Waals surface area (Å²) in [6.45, 7) is 6.21. The molecule has 2 aliphatic rings. The van der Waals surface area contributed by atoms with E-state index in [1.165, 1.54) is 17.0 Å². The van der Waals surface area contributed by atoms with E-state index in [0.29, 0.717) is 5.92 Å². The Morgan fingerprint density at radius 1 is 1.53 bits per heavy atom. The van der Waals surface area contributed by atoms with Gasteiger partial charge in [-0.1, -0.05) is 13.8 Å². The zero-order valence-electron chi connectivity index (χ0n) is 11.5. The molecular formula is C14H21N3OS. The molecule has 2 heterocycles. The molecule has 1 aliphatic carbocycles. The number of thiazole rings is 1. The van der Waals surface area contributed by atoms with Crippen LogP contribution >= 0.6 is 11.3 Å². The summed E-state index contributed by atoms with van der Waals surface area (Å²) >= 11 is 1.66. The fourth-order valence-electron chi connectivity index (χ4n) is 2.69. The van der Waals surface area contributed by atoms with Gasteiger partial charge in [-0.15, -0.1) is 11.3 Å². The molecule has 1 aliphatic heterocycles. The van der Waals surface area contributed by atoms with Crippen molar-refractivity contribution in [3.05, 3.63) is 10.6 Å². The summed E-state index contributed by atoms with van der Waals surface area (Å²) in [5, 5.41) is 7.01. The predicted octanol–water partition coefficient (Wildman–Crippen LogP) is 2.06. The van der Waals surface area contributed by atoms with Crippen molar-refractivity contribution >= 4 is 22.4 Å². The maximum atomic E-state index is 12.2. The van der Waals surface area contributed by atoms with Crippen LogP contribution < -0.4 is 10.6 Å². The molecule has 2 unspecified atom stereocenters. The standard InChI is InChI=1S/C14H21N3OS/c1-8-3-4-11-12(5-8)19-14(16-11)17-13(18)9(2)10-6-15-7-10/h8-10,15H,3-7H2,1-2H3,(H,16,17,18). The number of carbonyl (C=O) groups excluding carboxylic acids is 1. The highest BCUT2D eigenvalue weighted by atomic mass is 32.1. The summed E-state index contributed by atoms with van der Waals surface area (Å²) in [6, 6.07) is 0. The van der Waals surface area contributed by atoms with E-state index < -0.39 is 0 Å². The van der Waals surface area contributed by atoms with E-state index in [-0.39, 0.29) is 11.8 Å². The maximum absolute atomic E-state index is 12.2. The number of hydrogen-bond acceptors (Lipinski definition) is 4. The average molecular weight is 279 g/mol. The van der Waals surface area contributed by atoms with Crippen molar-refractivity contribution in [2.75, 3.05) is 18.4 Å². The largest absolute Gasteiger partial charge is 0.316 e. The number of anilines is 1. The maximum Gasteiger partial charge on any atom is 0.229 e. The van der Waals surface area contributed by atoms with Crippen molar-refractivity contribution in [1.29, 1.82) is 0 Å². The number of carbonyl (C=O) groups is 1. The van der Waals surface area contributed by atoms with Gasteiger partial charge in [-0.05, 0) is 44.2 Å². The van der Waals surface area contributed by atoms with Crippen LogP contribution in [0.1, 0.15) is 30.8 Å². The number of aryl methyl sites for hydroxylation is 1. The summed E-state index contributed by atoms with van der Waals surface area (Å²) in [7, 11) is 0. The lowest BCUT2D eigenvalue weighted by atomic mass is 9.88. The highest BCUT2D eigenvalue weighted by Crippen LogP contribution is 2.32. The zero-order chi connectivity index (χ0) is 13.4. The molecule has 5 heteroatoms. The van der Waals surface area contributed by atoms with Crippen LogP contribution in [-0.4, -0.2) is 24.0 Å². The van der Waals surface area contributed by atoms with Gasteiger partial charge in [-0.25, -0.2) is 4.98 Å². The number of fused-ring (bicyclic) bond motifs is 1. The van der Waals surface area contributed by atoms with Crippen molar-refractivity contribution in [3.8, 4) is 0 Å². The number of rotatable bonds is 3. The molecule has 1 amide bonds. The first-order valence-electron chi connectivity index (χ1n) is 7.13. The molecule has 0 saturated carbocycles. The third kappa shape index (κ3) is 2.67. The first-order valence-corrected chi connectivity index (χ1v) is 7.95. The Bertz CT molecular complexity index is 481. The molecule has 2 atom stereocenters. The molecule has 1 fully saturated rings. The van der Waals surface area contributed by atoms with E-state index >= 15 is 0 Å². The summed E-state index contributed by atoms with van der Waals surface area (Å²) in [5.41, 5.74) is 1.20. The molecule has 0 radical (unpaired) electrons. The van der Waals surface area contributed by atoms with Gasteiger partial charge in [0.1, 0.15) is 0 Å². The van der Waals surface area contributed by atoms with Gasteiger partial charge in [0.15, 0.2) is 5.13 Å². The summed E-state index contributed by atoms with van der Waals surface area (Å²) in [6.07, 6.45) is 3.39. The summed E-state index contributed by atoms with van der Waals surface area (Å²) in [4.78, 5) is 18.1. The van der Waals surface area contributed by atoms with Crippen LogP contribution in [0, 0.1) is 17.8 Å². The Hall–Kier alpha value is -0.940. The van der Waals surface area contributed by atoms with E-state index in [1.807, 2.05) is 6.92 Å². The van der Waals surface area contributed by atoms with E-state index in [0.717, 1.165) is 37.0 Å². The molecule has 1 aromatic heterocycles. The van der Waals surface area contributed by atoms with Gasteiger partial charge < -0.3 is 10.6 Å². The highest BCUT2D eigenvalue weighted by Gasteiger charge is 2.29. The van der Waals surface area contributed by atoms with E-state index in [4.69, 9.17) is 0 Å². The average Bonchev–Trinajstić information content (AvgIpc) is 2.67. The molecular weight excluding hydrogens is 258 g/mol. The lowest BCUT2D eigenvalue weighted by Gasteiger charge is -2.31. The van der Waals surface area contributed by atoms with Crippen LogP contribution in [0.4, 0.5) is 5.13 Å². The fourth-order valence-corrected chi connectivity index (χ4v) is 3.87. The molecule has 0 aromatic carbocycles. The Morgan fingerprint density at radius 2 is 2.32 bits per heavy atom. The first-order chi connectivity index (χ1) is 9.13. The highest BCUT2D eigenvalue weighted by molar-refractivity contribution is 7.15. The van der Waals surface area contributed by atoms with Gasteiger partial charge in [-0.3, -0.25) is 4.79 Å². The predicted molar refractivity (Wildman–Crippen MR) is 77.5 cm³/mol. The van der Waals surface area contributed by atoms with Crippen molar-refractivity contribution in [2.45, 2.75) is 33.1 Å². The molecule has 2 N–H and O–H groups in total. The minimum atomic E-state index is 0.0705. The number of nitrogens with one attached hydrogen (secondary N) is 2. The quantitative estimate of drug-likeness (QED) is 0.890. The minimum absolute atomic E-state index is 0.0705. The number of aromatic nitrogens is 1. The Labute approximate surface area is 118 Å². The van der Waals surface area contributed by atoms with Crippen LogP contribution in [0.3, 0.4) is 0 Å². The van der Waals surface area contributed by atoms with E-state index in [1.54, 1.807) is 11.3 Å². The minimum Gasteiger partial charge on any atom is -0.316 e. The van der Waals surface area contributed by atoms with Crippen LogP contribution in [0.25, 0.3) is 0 Å². The van der Waals surface area contributed by atoms with Gasteiger partial charge in [0, 0.05) is 10.8 Å². The molecule has 104 valence electrons. The second-order valence-electron chi connectivity index (χ2n) is 5.93. The molecule has 3 rings (SSSR count). The van der Waals surface area contributed by atoms with Crippen molar-refractivity contribution in [1.82, 2.24) is 10.3 Å². The Balaban J connectivity index is 1.65. The van der Waals surface area contributed by atoms with Crippen LogP contribution in [-0.2, 0) is 17.6 Å². The normalized spacial score (nSPS) is 24.4. The second-order valence-corrected chi connectivity index (χ2v) is 7.02. The van der Waals surface area contributed by atoms with Crippen LogP contribution in [0.15, 0.2) is 0 Å². The molecule has 1 saturated heterocycles.